The lowest BCUT2D eigenvalue weighted by Crippen LogP contribution is -2.50. The smallest absolute Gasteiger partial charge is 0.243 e. The molecular formula is C22H37N5O5Si. The van der Waals surface area contributed by atoms with Gasteiger partial charge in [0.1, 0.15) is 35.8 Å². The Kier molecular flexibility index (Phi) is 6.23. The van der Waals surface area contributed by atoms with Gasteiger partial charge < -0.3 is 29.5 Å². The summed E-state index contributed by atoms with van der Waals surface area (Å²) >= 11 is 0. The highest BCUT2D eigenvalue weighted by Gasteiger charge is 2.57. The van der Waals surface area contributed by atoms with Gasteiger partial charge in [0.15, 0.2) is 26.0 Å². The third kappa shape index (κ3) is 3.93. The van der Waals surface area contributed by atoms with Gasteiger partial charge in [-0.15, -0.1) is 5.10 Å². The molecule has 0 bridgehead atoms. The molecule has 4 atom stereocenters. The van der Waals surface area contributed by atoms with E-state index in [0.29, 0.717) is 34.3 Å². The van der Waals surface area contributed by atoms with Crippen molar-refractivity contribution in [3.63, 3.8) is 0 Å². The number of aromatic nitrogens is 4. The van der Waals surface area contributed by atoms with Crippen LogP contribution in [0.15, 0.2) is 6.33 Å². The van der Waals surface area contributed by atoms with Crippen molar-refractivity contribution < 1.29 is 23.7 Å². The quantitative estimate of drug-likeness (QED) is 0.571. The maximum Gasteiger partial charge on any atom is 0.243 e. The second-order valence-corrected chi connectivity index (χ2v) is 15.9. The highest BCUT2D eigenvalue weighted by Crippen LogP contribution is 2.47. The second kappa shape index (κ2) is 8.45. The number of hydrogen-bond donors (Lipinski definition) is 2. The molecule has 0 unspecified atom stereocenters. The molecule has 33 heavy (non-hydrogen) atoms. The molecule has 0 radical (unpaired) electrons. The van der Waals surface area contributed by atoms with Crippen molar-refractivity contribution in [3.8, 4) is 5.88 Å². The third-order valence-corrected chi connectivity index (χ3v) is 13.2. The van der Waals surface area contributed by atoms with Gasteiger partial charge >= 0.3 is 0 Å². The SMILES string of the molecule is CC(C)[Si](OC[C@H]1O[C@@H](n2nc(O)c3c(N)ncnc32)[C@@H]2OC(C)(C)O[C@@H]21)(C(C)C)C(C)C. The molecule has 0 amide bonds. The van der Waals surface area contributed by atoms with E-state index in [1.54, 1.807) is 0 Å². The van der Waals surface area contributed by atoms with Crippen LogP contribution in [-0.2, 0) is 18.6 Å². The van der Waals surface area contributed by atoms with Crippen LogP contribution in [-0.4, -0.2) is 63.9 Å². The summed E-state index contributed by atoms with van der Waals surface area (Å²) in [5.74, 6) is -0.868. The van der Waals surface area contributed by atoms with Gasteiger partial charge in [0, 0.05) is 0 Å². The fourth-order valence-electron chi connectivity index (χ4n) is 5.87. The lowest BCUT2D eigenvalue weighted by molar-refractivity contribution is -0.200. The van der Waals surface area contributed by atoms with Crippen LogP contribution >= 0.6 is 0 Å². The van der Waals surface area contributed by atoms with Crippen molar-refractivity contribution in [2.75, 3.05) is 12.3 Å². The van der Waals surface area contributed by atoms with Crippen molar-refractivity contribution in [1.82, 2.24) is 19.7 Å². The van der Waals surface area contributed by atoms with Crippen LogP contribution in [0.5, 0.6) is 5.88 Å². The van der Waals surface area contributed by atoms with Crippen LogP contribution in [0.1, 0.15) is 61.6 Å². The lowest BCUT2D eigenvalue weighted by atomic mass is 10.1. The van der Waals surface area contributed by atoms with Gasteiger partial charge in [0.25, 0.3) is 0 Å². The van der Waals surface area contributed by atoms with Gasteiger partial charge in [-0.3, -0.25) is 0 Å². The molecule has 3 N–H and O–H groups in total. The molecule has 2 aliphatic rings. The molecule has 0 aliphatic carbocycles. The maximum absolute atomic E-state index is 10.4. The van der Waals surface area contributed by atoms with Crippen molar-refractivity contribution >= 4 is 25.2 Å². The van der Waals surface area contributed by atoms with Crippen molar-refractivity contribution in [3.05, 3.63) is 6.33 Å². The fourth-order valence-corrected chi connectivity index (χ4v) is 11.3. The van der Waals surface area contributed by atoms with Gasteiger partial charge in [0.2, 0.25) is 5.88 Å². The minimum atomic E-state index is -2.10. The Morgan fingerprint density at radius 2 is 1.70 bits per heavy atom. The Balaban J connectivity index is 1.66. The number of nitrogens with two attached hydrogens (primary N) is 1. The van der Waals surface area contributed by atoms with Crippen molar-refractivity contribution in [1.29, 1.82) is 0 Å². The third-order valence-electron chi connectivity index (χ3n) is 7.07. The monoisotopic (exact) mass is 479 g/mol. The number of nitrogen functional groups attached to an aromatic ring is 1. The summed E-state index contributed by atoms with van der Waals surface area (Å²) in [7, 11) is -2.10. The molecule has 184 valence electrons. The summed E-state index contributed by atoms with van der Waals surface area (Å²) in [6.07, 6.45) is -0.461. The largest absolute Gasteiger partial charge is 0.492 e. The minimum Gasteiger partial charge on any atom is -0.492 e. The number of aromatic hydroxyl groups is 1. The van der Waals surface area contributed by atoms with E-state index in [1.165, 1.54) is 11.0 Å². The Hall–Kier alpha value is -1.79. The Labute approximate surface area is 195 Å². The minimum absolute atomic E-state index is 0.156. The first-order chi connectivity index (χ1) is 15.4. The zero-order valence-electron chi connectivity index (χ0n) is 20.8. The van der Waals surface area contributed by atoms with Gasteiger partial charge in [-0.25, -0.2) is 14.6 Å². The first-order valence-electron chi connectivity index (χ1n) is 11.7. The van der Waals surface area contributed by atoms with Crippen molar-refractivity contribution in [2.24, 2.45) is 0 Å². The number of nitrogens with zero attached hydrogens (tertiary/aromatic N) is 4. The Morgan fingerprint density at radius 1 is 1.09 bits per heavy atom. The molecule has 10 nitrogen and oxygen atoms in total. The average molecular weight is 480 g/mol. The van der Waals surface area contributed by atoms with Crippen LogP contribution in [0.3, 0.4) is 0 Å². The molecule has 0 spiro atoms. The predicted molar refractivity (Wildman–Crippen MR) is 126 cm³/mol. The van der Waals surface area contributed by atoms with E-state index in [4.69, 9.17) is 24.4 Å². The summed E-state index contributed by atoms with van der Waals surface area (Å²) in [5.41, 5.74) is 7.69. The van der Waals surface area contributed by atoms with E-state index < -0.39 is 26.4 Å². The van der Waals surface area contributed by atoms with E-state index in [9.17, 15) is 5.11 Å². The van der Waals surface area contributed by atoms with Crippen LogP contribution in [0.25, 0.3) is 11.0 Å². The molecule has 0 saturated carbocycles. The van der Waals surface area contributed by atoms with E-state index >= 15 is 0 Å². The van der Waals surface area contributed by atoms with E-state index in [0.717, 1.165) is 0 Å². The highest BCUT2D eigenvalue weighted by molar-refractivity contribution is 6.77. The summed E-state index contributed by atoms with van der Waals surface area (Å²) in [4.78, 5) is 8.25. The fraction of sp³-hybridized carbons (Fsp3) is 0.773. The van der Waals surface area contributed by atoms with Gasteiger partial charge in [-0.2, -0.15) is 0 Å². The number of anilines is 1. The van der Waals surface area contributed by atoms with Gasteiger partial charge in [-0.05, 0) is 30.5 Å². The number of hydrogen-bond acceptors (Lipinski definition) is 9. The average Bonchev–Trinajstić information content (AvgIpc) is 3.31. The number of ether oxygens (including phenoxy) is 3. The van der Waals surface area contributed by atoms with Gasteiger partial charge in [0.05, 0.1) is 6.61 Å². The number of fused-ring (bicyclic) bond motifs is 2. The standard InChI is InChI=1S/C22H37N5O5Si/c1-11(2)33(12(3)4,13(5)6)29-9-14-16-17(32-22(7,8)31-16)21(30-14)27-19-15(20(28)26-27)18(23)24-10-25-19/h10-14,16-17,21H,9H2,1-8H3,(H,26,28)(H2,23,24,25)/t14-,16-,17-,21-/m1/s1. The van der Waals surface area contributed by atoms with Crippen LogP contribution in [0.2, 0.25) is 16.6 Å². The van der Waals surface area contributed by atoms with Crippen LogP contribution in [0, 0.1) is 0 Å². The topological polar surface area (TPSA) is 127 Å². The van der Waals surface area contributed by atoms with Gasteiger partial charge in [-0.1, -0.05) is 41.5 Å². The zero-order valence-corrected chi connectivity index (χ0v) is 21.8. The first kappa shape index (κ1) is 24.3. The summed E-state index contributed by atoms with van der Waals surface area (Å²) in [6.45, 7) is 17.7. The second-order valence-electron chi connectivity index (χ2n) is 10.5. The van der Waals surface area contributed by atoms with Crippen molar-refractivity contribution in [2.45, 2.75) is 102 Å². The summed E-state index contributed by atoms with van der Waals surface area (Å²) in [6, 6.07) is 0. The normalized spacial score (nSPS) is 27.4. The Bertz CT molecular complexity index is 989. The maximum atomic E-state index is 10.4. The molecule has 2 aromatic rings. The zero-order chi connectivity index (χ0) is 24.3. The van der Waals surface area contributed by atoms with Crippen LogP contribution < -0.4 is 5.73 Å². The molecule has 4 rings (SSSR count). The van der Waals surface area contributed by atoms with E-state index in [1.807, 2.05) is 13.8 Å². The molecule has 4 heterocycles. The molecule has 2 saturated heterocycles. The van der Waals surface area contributed by atoms with E-state index in [2.05, 4.69) is 56.6 Å². The Morgan fingerprint density at radius 3 is 2.30 bits per heavy atom. The first-order valence-corrected chi connectivity index (χ1v) is 13.9. The molecular weight excluding hydrogens is 442 g/mol. The molecule has 0 aromatic carbocycles. The summed E-state index contributed by atoms with van der Waals surface area (Å²) in [5, 5.41) is 15.0. The highest BCUT2D eigenvalue weighted by atomic mass is 28.4. The molecule has 2 aromatic heterocycles. The molecule has 2 aliphatic heterocycles. The number of rotatable bonds is 7. The van der Waals surface area contributed by atoms with E-state index in [-0.39, 0.29) is 23.9 Å². The lowest BCUT2D eigenvalue weighted by Gasteiger charge is -2.43. The molecule has 2 fully saturated rings. The predicted octanol–water partition coefficient (Wildman–Crippen LogP) is 3.72. The summed E-state index contributed by atoms with van der Waals surface area (Å²) < 4.78 is 27.3. The van der Waals surface area contributed by atoms with Crippen LogP contribution in [0.4, 0.5) is 5.82 Å². The molecule has 11 heteroatoms.